The Morgan fingerprint density at radius 3 is 2.95 bits per heavy atom. The van der Waals surface area contributed by atoms with Crippen LogP contribution in [-0.4, -0.2) is 23.0 Å². The molecule has 9 heteroatoms. The molecule has 3 rings (SSSR count). The third-order valence-electron chi connectivity index (χ3n) is 2.74. The number of aryl methyl sites for hydroxylation is 1. The van der Waals surface area contributed by atoms with Crippen molar-refractivity contribution in [3.63, 3.8) is 0 Å². The van der Waals surface area contributed by atoms with Gasteiger partial charge >= 0.3 is 0 Å². The van der Waals surface area contributed by atoms with E-state index in [1.807, 2.05) is 6.92 Å². The third-order valence-corrected chi connectivity index (χ3v) is 5.22. The Hall–Kier alpha value is -1.48. The molecule has 2 heterocycles. The average Bonchev–Trinajstić information content (AvgIpc) is 2.93. The average molecular weight is 343 g/mol. The summed E-state index contributed by atoms with van der Waals surface area (Å²) in [6.45, 7) is 1.99. The molecule has 0 saturated carbocycles. The number of halogens is 1. The first-order valence-corrected chi connectivity index (χ1v) is 8.69. The zero-order chi connectivity index (χ0) is 15.0. The van der Waals surface area contributed by atoms with Gasteiger partial charge in [0.25, 0.3) is 0 Å². The van der Waals surface area contributed by atoms with E-state index in [4.69, 9.17) is 11.6 Å². The maximum Gasteiger partial charge on any atom is 0.240 e. The highest BCUT2D eigenvalue weighted by molar-refractivity contribution is 7.89. The van der Waals surface area contributed by atoms with Gasteiger partial charge in [0.1, 0.15) is 5.01 Å². The van der Waals surface area contributed by atoms with Crippen LogP contribution in [0.3, 0.4) is 0 Å². The summed E-state index contributed by atoms with van der Waals surface area (Å²) in [5.41, 5.74) is 0.611. The molecule has 2 aromatic heterocycles. The molecule has 0 saturated heterocycles. The van der Waals surface area contributed by atoms with Crippen LogP contribution >= 0.6 is 22.9 Å². The highest BCUT2D eigenvalue weighted by Gasteiger charge is 2.15. The molecular weight excluding hydrogens is 332 g/mol. The molecule has 0 spiro atoms. The van der Waals surface area contributed by atoms with Crippen LogP contribution in [0.1, 0.15) is 10.7 Å². The number of hydrogen-bond donors (Lipinski definition) is 1. The first-order chi connectivity index (χ1) is 9.94. The second-order valence-corrected chi connectivity index (χ2v) is 7.73. The zero-order valence-corrected chi connectivity index (χ0v) is 13.3. The predicted octanol–water partition coefficient (Wildman–Crippen LogP) is 2.23. The lowest BCUT2D eigenvalue weighted by Gasteiger charge is -2.05. The summed E-state index contributed by atoms with van der Waals surface area (Å²) in [6.07, 6.45) is 1.71. The molecule has 110 valence electrons. The fourth-order valence-corrected chi connectivity index (χ4v) is 3.86. The van der Waals surface area contributed by atoms with Gasteiger partial charge in [-0.2, -0.15) is 5.10 Å². The van der Waals surface area contributed by atoms with E-state index in [-0.39, 0.29) is 11.4 Å². The molecule has 3 aromatic rings. The fraction of sp³-hybridized carbons (Fsp3) is 0.167. The number of nitrogens with one attached hydrogen (secondary N) is 1. The fourth-order valence-electron chi connectivity index (χ4n) is 1.82. The van der Waals surface area contributed by atoms with Crippen molar-refractivity contribution in [1.82, 2.24) is 19.3 Å². The topological polar surface area (TPSA) is 76.4 Å². The van der Waals surface area contributed by atoms with Gasteiger partial charge in [-0.15, -0.1) is 0 Å². The van der Waals surface area contributed by atoms with E-state index in [0.717, 1.165) is 9.97 Å². The molecule has 0 unspecified atom stereocenters. The van der Waals surface area contributed by atoms with Gasteiger partial charge < -0.3 is 0 Å². The lowest BCUT2D eigenvalue weighted by molar-refractivity contribution is 0.580. The van der Waals surface area contributed by atoms with Gasteiger partial charge in [0.2, 0.25) is 15.0 Å². The van der Waals surface area contributed by atoms with Crippen LogP contribution in [0.5, 0.6) is 0 Å². The number of sulfonamides is 1. The van der Waals surface area contributed by atoms with E-state index >= 15 is 0 Å². The first-order valence-electron chi connectivity index (χ1n) is 6.01. The Kier molecular flexibility index (Phi) is 3.70. The summed E-state index contributed by atoms with van der Waals surface area (Å²) in [7, 11) is -3.61. The van der Waals surface area contributed by atoms with Crippen molar-refractivity contribution < 1.29 is 8.42 Å². The van der Waals surface area contributed by atoms with Crippen molar-refractivity contribution in [3.05, 3.63) is 46.2 Å². The van der Waals surface area contributed by atoms with E-state index in [9.17, 15) is 8.42 Å². The quantitative estimate of drug-likeness (QED) is 0.788. The van der Waals surface area contributed by atoms with Crippen molar-refractivity contribution in [2.45, 2.75) is 18.4 Å². The van der Waals surface area contributed by atoms with Crippen molar-refractivity contribution in [2.24, 2.45) is 0 Å². The predicted molar refractivity (Wildman–Crippen MR) is 81.1 cm³/mol. The molecule has 21 heavy (non-hydrogen) atoms. The van der Waals surface area contributed by atoms with E-state index < -0.39 is 10.0 Å². The molecule has 0 amide bonds. The molecule has 1 N–H and O–H groups in total. The van der Waals surface area contributed by atoms with Crippen molar-refractivity contribution in [1.29, 1.82) is 0 Å². The summed E-state index contributed by atoms with van der Waals surface area (Å²) >= 11 is 7.26. The van der Waals surface area contributed by atoms with Crippen molar-refractivity contribution >= 4 is 37.9 Å². The second-order valence-electron chi connectivity index (χ2n) is 4.36. The Balaban J connectivity index is 1.78. The summed E-state index contributed by atoms with van der Waals surface area (Å²) in [6, 6.07) is 6.11. The van der Waals surface area contributed by atoms with Crippen LogP contribution in [0.4, 0.5) is 0 Å². The Morgan fingerprint density at radius 1 is 1.43 bits per heavy atom. The van der Waals surface area contributed by atoms with Crippen LogP contribution in [-0.2, 0) is 16.6 Å². The Labute approximate surface area is 130 Å². The van der Waals surface area contributed by atoms with Crippen LogP contribution in [0, 0.1) is 6.92 Å². The molecule has 0 aliphatic carbocycles. The molecule has 0 aliphatic rings. The number of nitrogens with zero attached hydrogens (tertiary/aromatic N) is 3. The highest BCUT2D eigenvalue weighted by atomic mass is 35.5. The molecule has 0 bridgehead atoms. The summed E-state index contributed by atoms with van der Waals surface area (Å²) in [4.78, 5) is 5.18. The smallest absolute Gasteiger partial charge is 0.221 e. The molecule has 0 atom stereocenters. The van der Waals surface area contributed by atoms with Gasteiger partial charge in [0.05, 0.1) is 23.3 Å². The largest absolute Gasteiger partial charge is 0.240 e. The van der Waals surface area contributed by atoms with Crippen molar-refractivity contribution in [3.8, 4) is 0 Å². The SMILES string of the molecule is Cc1nn2cc(CNS(=O)(=O)c3cccc(Cl)c3)nc2s1. The third kappa shape index (κ3) is 3.08. The summed E-state index contributed by atoms with van der Waals surface area (Å²) in [5.74, 6) is 0. The number of benzene rings is 1. The minimum Gasteiger partial charge on any atom is -0.221 e. The molecule has 0 aliphatic heterocycles. The lowest BCUT2D eigenvalue weighted by atomic mass is 10.4. The van der Waals surface area contributed by atoms with Gasteiger partial charge in [-0.05, 0) is 25.1 Å². The van der Waals surface area contributed by atoms with Gasteiger partial charge in [-0.25, -0.2) is 22.6 Å². The minimum absolute atomic E-state index is 0.101. The number of fused-ring (bicyclic) bond motifs is 1. The molecule has 0 fully saturated rings. The maximum absolute atomic E-state index is 12.1. The highest BCUT2D eigenvalue weighted by Crippen LogP contribution is 2.16. The summed E-state index contributed by atoms with van der Waals surface area (Å²) < 4.78 is 28.4. The number of imidazole rings is 1. The van der Waals surface area contributed by atoms with E-state index in [2.05, 4.69) is 14.8 Å². The Morgan fingerprint density at radius 2 is 2.24 bits per heavy atom. The Bertz CT molecular complexity index is 870. The first kappa shape index (κ1) is 14.5. The molecule has 0 radical (unpaired) electrons. The van der Waals surface area contributed by atoms with E-state index in [0.29, 0.717) is 10.7 Å². The van der Waals surface area contributed by atoms with Gasteiger partial charge in [0.15, 0.2) is 0 Å². The minimum atomic E-state index is -3.61. The van der Waals surface area contributed by atoms with Gasteiger partial charge in [0, 0.05) is 5.02 Å². The molecule has 1 aromatic carbocycles. The molecule has 6 nitrogen and oxygen atoms in total. The van der Waals surface area contributed by atoms with Crippen LogP contribution in [0.25, 0.3) is 4.96 Å². The normalized spacial score (nSPS) is 12.1. The van der Waals surface area contributed by atoms with E-state index in [1.54, 1.807) is 22.8 Å². The number of rotatable bonds is 4. The standard InChI is InChI=1S/C12H11ClN4O2S2/c1-8-16-17-7-10(15-12(17)20-8)6-14-21(18,19)11-4-2-3-9(13)5-11/h2-5,7,14H,6H2,1H3. The number of hydrogen-bond acceptors (Lipinski definition) is 5. The van der Waals surface area contributed by atoms with Gasteiger partial charge in [-0.3, -0.25) is 0 Å². The van der Waals surface area contributed by atoms with Gasteiger partial charge in [-0.1, -0.05) is 29.0 Å². The monoisotopic (exact) mass is 342 g/mol. The summed E-state index contributed by atoms with van der Waals surface area (Å²) in [5, 5.41) is 5.51. The lowest BCUT2D eigenvalue weighted by Crippen LogP contribution is -2.23. The van der Waals surface area contributed by atoms with Crippen molar-refractivity contribution in [2.75, 3.05) is 0 Å². The van der Waals surface area contributed by atoms with Crippen LogP contribution < -0.4 is 4.72 Å². The second kappa shape index (κ2) is 5.38. The van der Waals surface area contributed by atoms with E-state index in [1.165, 1.54) is 23.5 Å². The zero-order valence-electron chi connectivity index (χ0n) is 10.9. The van der Waals surface area contributed by atoms with Crippen LogP contribution in [0.15, 0.2) is 35.4 Å². The maximum atomic E-state index is 12.1. The molecular formula is C12H11ClN4O2S2. The number of aromatic nitrogens is 3. The van der Waals surface area contributed by atoms with Crippen LogP contribution in [0.2, 0.25) is 5.02 Å².